The Bertz CT molecular complexity index is 1150. The van der Waals surface area contributed by atoms with Gasteiger partial charge in [-0.25, -0.2) is 4.39 Å². The highest BCUT2D eigenvalue weighted by molar-refractivity contribution is 5.99. The number of benzene rings is 2. The van der Waals surface area contributed by atoms with Crippen molar-refractivity contribution in [3.05, 3.63) is 70.7 Å². The molecule has 0 bridgehead atoms. The van der Waals surface area contributed by atoms with E-state index in [1.807, 2.05) is 17.6 Å². The lowest BCUT2D eigenvalue weighted by atomic mass is 9.69. The Morgan fingerprint density at radius 1 is 1.27 bits per heavy atom. The highest BCUT2D eigenvalue weighted by Crippen LogP contribution is 2.39. The number of hydrogen-bond donors (Lipinski definition) is 2. The van der Waals surface area contributed by atoms with Crippen molar-refractivity contribution in [3.63, 3.8) is 0 Å². The maximum atomic E-state index is 13.8. The number of aryl methyl sites for hydroxylation is 1. The molecule has 30 heavy (non-hydrogen) atoms. The molecule has 4 rings (SSSR count). The van der Waals surface area contributed by atoms with Gasteiger partial charge in [-0.1, -0.05) is 12.5 Å². The number of nitrogens with one attached hydrogen (secondary N) is 1. The molecule has 1 amide bonds. The van der Waals surface area contributed by atoms with Gasteiger partial charge in [-0.3, -0.25) is 4.79 Å². The van der Waals surface area contributed by atoms with Crippen LogP contribution in [0.15, 0.2) is 42.5 Å². The molecular weight excluding hydrogens is 381 g/mol. The van der Waals surface area contributed by atoms with Gasteiger partial charge in [0.1, 0.15) is 11.5 Å². The second-order valence-corrected chi connectivity index (χ2v) is 8.27. The summed E-state index contributed by atoms with van der Waals surface area (Å²) in [7, 11) is 0. The molecule has 0 spiro atoms. The number of carbonyl (C=O) groups excluding carboxylic acids is 1. The van der Waals surface area contributed by atoms with Gasteiger partial charge in [0.2, 0.25) is 0 Å². The van der Waals surface area contributed by atoms with Crippen molar-refractivity contribution in [1.29, 1.82) is 5.26 Å². The van der Waals surface area contributed by atoms with Crippen LogP contribution in [-0.4, -0.2) is 28.7 Å². The first kappa shape index (κ1) is 20.1. The monoisotopic (exact) mass is 405 g/mol. The minimum absolute atomic E-state index is 0.0598. The van der Waals surface area contributed by atoms with Gasteiger partial charge < -0.3 is 15.0 Å². The van der Waals surface area contributed by atoms with E-state index in [-0.39, 0.29) is 23.7 Å². The Morgan fingerprint density at radius 2 is 2.07 bits per heavy atom. The molecule has 6 heteroatoms. The number of nitriles is 1. The first-order valence-corrected chi connectivity index (χ1v) is 10.1. The van der Waals surface area contributed by atoms with Gasteiger partial charge in [0, 0.05) is 29.4 Å². The summed E-state index contributed by atoms with van der Waals surface area (Å²) in [5, 5.41) is 22.7. The third-order valence-corrected chi connectivity index (χ3v) is 6.28. The van der Waals surface area contributed by atoms with Crippen LogP contribution in [0.3, 0.4) is 0 Å². The van der Waals surface area contributed by atoms with E-state index < -0.39 is 0 Å². The summed E-state index contributed by atoms with van der Waals surface area (Å²) >= 11 is 0. The fourth-order valence-corrected chi connectivity index (χ4v) is 4.11. The second-order valence-electron chi connectivity index (χ2n) is 8.27. The van der Waals surface area contributed by atoms with Crippen LogP contribution in [0.5, 0.6) is 0 Å². The SMILES string of the molecule is Cc1ccc(F)cc1Cn1c(C(=O)NCC2(CO)CCC2)cc2cc(C#N)ccc21. The lowest BCUT2D eigenvalue weighted by Gasteiger charge is -2.40. The van der Waals surface area contributed by atoms with Crippen molar-refractivity contribution in [2.45, 2.75) is 32.7 Å². The number of aliphatic hydroxyl groups excluding tert-OH is 1. The molecule has 1 aromatic heterocycles. The molecule has 0 aliphatic heterocycles. The maximum Gasteiger partial charge on any atom is 0.267 e. The quantitative estimate of drug-likeness (QED) is 0.653. The fourth-order valence-electron chi connectivity index (χ4n) is 4.11. The van der Waals surface area contributed by atoms with Crippen molar-refractivity contribution in [1.82, 2.24) is 9.88 Å². The molecule has 1 aliphatic rings. The fraction of sp³-hybridized carbons (Fsp3) is 0.333. The molecule has 0 atom stereocenters. The molecule has 0 unspecified atom stereocenters. The first-order chi connectivity index (χ1) is 14.4. The van der Waals surface area contributed by atoms with E-state index in [1.54, 1.807) is 24.3 Å². The van der Waals surface area contributed by atoms with Crippen LogP contribution in [0.4, 0.5) is 4.39 Å². The topological polar surface area (TPSA) is 78.1 Å². The molecule has 1 saturated carbocycles. The number of fused-ring (bicyclic) bond motifs is 1. The van der Waals surface area contributed by atoms with Crippen molar-refractivity contribution < 1.29 is 14.3 Å². The van der Waals surface area contributed by atoms with Gasteiger partial charge in [0.25, 0.3) is 5.91 Å². The molecule has 0 saturated heterocycles. The van der Waals surface area contributed by atoms with E-state index in [2.05, 4.69) is 11.4 Å². The van der Waals surface area contributed by atoms with Gasteiger partial charge in [0.05, 0.1) is 18.2 Å². The zero-order valence-electron chi connectivity index (χ0n) is 16.9. The highest BCUT2D eigenvalue weighted by atomic mass is 19.1. The number of hydrogen-bond acceptors (Lipinski definition) is 3. The van der Waals surface area contributed by atoms with Crippen molar-refractivity contribution in [2.24, 2.45) is 5.41 Å². The number of halogens is 1. The largest absolute Gasteiger partial charge is 0.396 e. The van der Waals surface area contributed by atoms with Gasteiger partial charge in [-0.2, -0.15) is 5.26 Å². The summed E-state index contributed by atoms with van der Waals surface area (Å²) in [4.78, 5) is 13.1. The summed E-state index contributed by atoms with van der Waals surface area (Å²) in [5.74, 6) is -0.557. The zero-order chi connectivity index (χ0) is 21.3. The van der Waals surface area contributed by atoms with Gasteiger partial charge in [-0.15, -0.1) is 0 Å². The number of carbonyl (C=O) groups is 1. The summed E-state index contributed by atoms with van der Waals surface area (Å²) in [6.07, 6.45) is 2.87. The molecule has 1 fully saturated rings. The van der Waals surface area contributed by atoms with E-state index in [0.29, 0.717) is 24.3 Å². The Morgan fingerprint density at radius 3 is 2.73 bits per heavy atom. The van der Waals surface area contributed by atoms with Crippen LogP contribution >= 0.6 is 0 Å². The molecule has 1 aliphatic carbocycles. The van der Waals surface area contributed by atoms with E-state index >= 15 is 0 Å². The zero-order valence-corrected chi connectivity index (χ0v) is 16.9. The molecule has 2 aromatic carbocycles. The van der Waals surface area contributed by atoms with Crippen molar-refractivity contribution in [2.75, 3.05) is 13.2 Å². The smallest absolute Gasteiger partial charge is 0.267 e. The Labute approximate surface area is 174 Å². The summed E-state index contributed by atoms with van der Waals surface area (Å²) in [5.41, 5.74) is 3.28. The summed E-state index contributed by atoms with van der Waals surface area (Å²) in [6, 6.07) is 13.8. The molecular formula is C24H24FN3O2. The molecule has 2 N–H and O–H groups in total. The predicted octanol–water partition coefficient (Wildman–Crippen LogP) is 3.90. The Balaban J connectivity index is 1.72. The maximum absolute atomic E-state index is 13.8. The van der Waals surface area contributed by atoms with Crippen LogP contribution < -0.4 is 5.32 Å². The van der Waals surface area contributed by atoms with Gasteiger partial charge in [-0.05, 0) is 67.3 Å². The van der Waals surface area contributed by atoms with E-state index in [0.717, 1.165) is 41.3 Å². The van der Waals surface area contributed by atoms with Gasteiger partial charge >= 0.3 is 0 Å². The van der Waals surface area contributed by atoms with E-state index in [1.165, 1.54) is 12.1 Å². The molecule has 154 valence electrons. The number of aromatic nitrogens is 1. The Hall–Kier alpha value is -3.17. The molecule has 1 heterocycles. The van der Waals surface area contributed by atoms with Crippen LogP contribution in [0.25, 0.3) is 10.9 Å². The number of nitrogens with zero attached hydrogens (tertiary/aromatic N) is 2. The number of rotatable bonds is 6. The number of aliphatic hydroxyl groups is 1. The third-order valence-electron chi connectivity index (χ3n) is 6.28. The molecule has 0 radical (unpaired) electrons. The van der Waals surface area contributed by atoms with E-state index in [4.69, 9.17) is 0 Å². The van der Waals surface area contributed by atoms with Crippen molar-refractivity contribution in [3.8, 4) is 6.07 Å². The lowest BCUT2D eigenvalue weighted by molar-refractivity contribution is 0.0427. The minimum atomic E-state index is -0.320. The third kappa shape index (κ3) is 3.69. The molecule has 3 aromatic rings. The normalized spacial score (nSPS) is 14.9. The van der Waals surface area contributed by atoms with Crippen LogP contribution in [0.2, 0.25) is 0 Å². The average molecular weight is 405 g/mol. The molecule has 5 nitrogen and oxygen atoms in total. The summed E-state index contributed by atoms with van der Waals surface area (Å²) < 4.78 is 15.7. The second kappa shape index (κ2) is 7.92. The van der Waals surface area contributed by atoms with Crippen LogP contribution in [0.1, 0.15) is 46.4 Å². The minimum Gasteiger partial charge on any atom is -0.396 e. The lowest BCUT2D eigenvalue weighted by Crippen LogP contribution is -2.44. The summed E-state index contributed by atoms with van der Waals surface area (Å²) in [6.45, 7) is 2.74. The first-order valence-electron chi connectivity index (χ1n) is 10.1. The Kier molecular flexibility index (Phi) is 5.31. The average Bonchev–Trinajstić information content (AvgIpc) is 3.07. The van der Waals surface area contributed by atoms with Crippen molar-refractivity contribution >= 4 is 16.8 Å². The van der Waals surface area contributed by atoms with Gasteiger partial charge in [0.15, 0.2) is 0 Å². The van der Waals surface area contributed by atoms with Crippen LogP contribution in [0, 0.1) is 29.5 Å². The standard InChI is InChI=1S/C24H24FN3O2/c1-16-3-5-20(25)10-19(16)13-28-21-6-4-17(12-26)9-18(21)11-22(28)23(30)27-14-24(15-29)7-2-8-24/h3-6,9-11,29H,2,7-8,13-15H2,1H3,(H,27,30). The van der Waals surface area contributed by atoms with Crippen LogP contribution in [-0.2, 0) is 6.54 Å². The number of amides is 1. The predicted molar refractivity (Wildman–Crippen MR) is 113 cm³/mol. The van der Waals surface area contributed by atoms with E-state index in [9.17, 15) is 19.6 Å². The highest BCUT2D eigenvalue weighted by Gasteiger charge is 2.36.